The molecule has 1 aliphatic heterocycles. The van der Waals surface area contributed by atoms with E-state index in [0.29, 0.717) is 17.5 Å². The Labute approximate surface area is 180 Å². The fraction of sp³-hybridized carbons (Fsp3) is 0.455. The van der Waals surface area contributed by atoms with Crippen LogP contribution < -0.4 is 10.6 Å². The number of aromatic nitrogens is 1. The predicted molar refractivity (Wildman–Crippen MR) is 112 cm³/mol. The van der Waals surface area contributed by atoms with Crippen molar-refractivity contribution in [2.24, 2.45) is 0 Å². The van der Waals surface area contributed by atoms with Gasteiger partial charge in [-0.05, 0) is 38.8 Å². The van der Waals surface area contributed by atoms with Crippen LogP contribution in [0.3, 0.4) is 0 Å². The van der Waals surface area contributed by atoms with Gasteiger partial charge in [0.15, 0.2) is 0 Å². The van der Waals surface area contributed by atoms with Gasteiger partial charge in [0.2, 0.25) is 11.8 Å². The van der Waals surface area contributed by atoms with Crippen LogP contribution in [-0.2, 0) is 30.3 Å². The molecule has 1 saturated heterocycles. The van der Waals surface area contributed by atoms with E-state index in [-0.39, 0.29) is 18.7 Å². The Hall–Kier alpha value is -3.36. The zero-order chi connectivity index (χ0) is 22.8. The standard InChI is InChI=1S/C22H27N3O6/c1-22(2,3)31-21(29)25-12-13(14-7-5-6-8-17(14)25)11-16(20(28)30-4)24-19(27)15-9-10-18(26)23-15/h5-8,12,15-16H,9-11H2,1-4H3,(H,23,26)(H,24,27)/t15-,16+/m0/s1. The van der Waals surface area contributed by atoms with Crippen LogP contribution in [-0.4, -0.2) is 53.2 Å². The topological polar surface area (TPSA) is 116 Å². The largest absolute Gasteiger partial charge is 0.467 e. The van der Waals surface area contributed by atoms with Crippen LogP contribution in [0.15, 0.2) is 30.5 Å². The number of ether oxygens (including phenoxy) is 2. The van der Waals surface area contributed by atoms with Gasteiger partial charge in [-0.15, -0.1) is 0 Å². The molecule has 2 heterocycles. The first-order valence-electron chi connectivity index (χ1n) is 10.1. The van der Waals surface area contributed by atoms with Gasteiger partial charge in [0.05, 0.1) is 12.6 Å². The van der Waals surface area contributed by atoms with Gasteiger partial charge >= 0.3 is 12.1 Å². The van der Waals surface area contributed by atoms with Crippen molar-refractivity contribution in [2.75, 3.05) is 7.11 Å². The van der Waals surface area contributed by atoms with Crippen molar-refractivity contribution in [3.05, 3.63) is 36.0 Å². The van der Waals surface area contributed by atoms with Gasteiger partial charge in [0.25, 0.3) is 0 Å². The molecule has 3 rings (SSSR count). The molecule has 0 bridgehead atoms. The minimum Gasteiger partial charge on any atom is -0.467 e. The highest BCUT2D eigenvalue weighted by Gasteiger charge is 2.31. The molecule has 1 aromatic carbocycles. The van der Waals surface area contributed by atoms with E-state index in [1.54, 1.807) is 39.1 Å². The van der Waals surface area contributed by atoms with E-state index in [2.05, 4.69) is 10.6 Å². The number of carbonyl (C=O) groups excluding carboxylic acids is 4. The molecular formula is C22H27N3O6. The van der Waals surface area contributed by atoms with Gasteiger partial charge in [0.1, 0.15) is 17.7 Å². The Morgan fingerprint density at radius 3 is 2.58 bits per heavy atom. The summed E-state index contributed by atoms with van der Waals surface area (Å²) in [5.74, 6) is -1.26. The molecule has 166 valence electrons. The molecule has 0 unspecified atom stereocenters. The maximum atomic E-state index is 12.7. The van der Waals surface area contributed by atoms with E-state index in [4.69, 9.17) is 9.47 Å². The summed E-state index contributed by atoms with van der Waals surface area (Å²) in [6, 6.07) is 5.58. The number of nitrogens with one attached hydrogen (secondary N) is 2. The number of esters is 1. The van der Waals surface area contributed by atoms with E-state index in [1.807, 2.05) is 12.1 Å². The number of hydrogen-bond acceptors (Lipinski definition) is 6. The van der Waals surface area contributed by atoms with Crippen LogP contribution in [0.1, 0.15) is 39.2 Å². The third-order valence-electron chi connectivity index (χ3n) is 4.92. The number of rotatable bonds is 5. The number of benzene rings is 1. The van der Waals surface area contributed by atoms with Crippen molar-refractivity contribution >= 4 is 34.8 Å². The molecule has 2 atom stereocenters. The Kier molecular flexibility index (Phi) is 6.33. The molecular weight excluding hydrogens is 402 g/mol. The lowest BCUT2D eigenvalue weighted by atomic mass is 10.0. The van der Waals surface area contributed by atoms with E-state index in [0.717, 1.165) is 5.39 Å². The second-order valence-corrected chi connectivity index (χ2v) is 8.47. The third kappa shape index (κ3) is 5.22. The van der Waals surface area contributed by atoms with Crippen LogP contribution >= 0.6 is 0 Å². The lowest BCUT2D eigenvalue weighted by Crippen LogP contribution is -2.49. The lowest BCUT2D eigenvalue weighted by molar-refractivity contribution is -0.145. The Bertz CT molecular complexity index is 1020. The van der Waals surface area contributed by atoms with Crippen molar-refractivity contribution in [1.29, 1.82) is 0 Å². The maximum absolute atomic E-state index is 12.7. The minimum absolute atomic E-state index is 0.107. The first kappa shape index (κ1) is 22.3. The monoisotopic (exact) mass is 429 g/mol. The molecule has 2 N–H and O–H groups in total. The SMILES string of the molecule is COC(=O)[C@@H](Cc1cn(C(=O)OC(C)(C)C)c2ccccc12)NC(=O)[C@@H]1CCC(=O)N1. The Morgan fingerprint density at radius 1 is 1.26 bits per heavy atom. The normalized spacial score (nSPS) is 17.2. The van der Waals surface area contributed by atoms with Crippen LogP contribution in [0.2, 0.25) is 0 Å². The first-order valence-corrected chi connectivity index (χ1v) is 10.1. The van der Waals surface area contributed by atoms with E-state index >= 15 is 0 Å². The molecule has 1 aliphatic rings. The van der Waals surface area contributed by atoms with E-state index in [1.165, 1.54) is 11.7 Å². The molecule has 31 heavy (non-hydrogen) atoms. The summed E-state index contributed by atoms with van der Waals surface area (Å²) in [7, 11) is 1.24. The van der Waals surface area contributed by atoms with Gasteiger partial charge in [-0.1, -0.05) is 18.2 Å². The van der Waals surface area contributed by atoms with Crippen molar-refractivity contribution in [3.8, 4) is 0 Å². The van der Waals surface area contributed by atoms with Crippen molar-refractivity contribution in [3.63, 3.8) is 0 Å². The molecule has 2 aromatic rings. The summed E-state index contributed by atoms with van der Waals surface area (Å²) in [5.41, 5.74) is 0.633. The zero-order valence-corrected chi connectivity index (χ0v) is 18.1. The summed E-state index contributed by atoms with van der Waals surface area (Å²) in [6.45, 7) is 5.34. The fourth-order valence-corrected chi connectivity index (χ4v) is 3.51. The van der Waals surface area contributed by atoms with Crippen molar-refractivity contribution < 1.29 is 28.7 Å². The number of methoxy groups -OCH3 is 1. The van der Waals surface area contributed by atoms with Crippen molar-refractivity contribution in [1.82, 2.24) is 15.2 Å². The molecule has 1 fully saturated rings. The van der Waals surface area contributed by atoms with E-state index < -0.39 is 35.7 Å². The summed E-state index contributed by atoms with van der Waals surface area (Å²) in [6.07, 6.45) is 1.82. The number of amides is 2. The van der Waals surface area contributed by atoms with Gasteiger partial charge in [0, 0.05) is 24.4 Å². The first-order chi connectivity index (χ1) is 14.6. The van der Waals surface area contributed by atoms with Gasteiger partial charge < -0.3 is 20.1 Å². The number of para-hydroxylation sites is 1. The quantitative estimate of drug-likeness (QED) is 0.702. The van der Waals surface area contributed by atoms with Crippen LogP contribution in [0, 0.1) is 0 Å². The average Bonchev–Trinajstić information content (AvgIpc) is 3.30. The average molecular weight is 429 g/mol. The molecule has 9 heteroatoms. The predicted octanol–water partition coefficient (Wildman–Crippen LogP) is 1.90. The van der Waals surface area contributed by atoms with E-state index in [9.17, 15) is 19.2 Å². The lowest BCUT2D eigenvalue weighted by Gasteiger charge is -2.20. The second-order valence-electron chi connectivity index (χ2n) is 8.47. The van der Waals surface area contributed by atoms with Crippen LogP contribution in [0.5, 0.6) is 0 Å². The Balaban J connectivity index is 1.88. The number of hydrogen-bond donors (Lipinski definition) is 2. The highest BCUT2D eigenvalue weighted by Crippen LogP contribution is 2.24. The van der Waals surface area contributed by atoms with Gasteiger partial charge in [-0.2, -0.15) is 0 Å². The number of carbonyl (C=O) groups is 4. The summed E-state index contributed by atoms with van der Waals surface area (Å²) in [4.78, 5) is 49.0. The highest BCUT2D eigenvalue weighted by molar-refractivity contribution is 5.95. The second kappa shape index (κ2) is 8.79. The molecule has 0 saturated carbocycles. The summed E-state index contributed by atoms with van der Waals surface area (Å²) >= 11 is 0. The van der Waals surface area contributed by atoms with Gasteiger partial charge in [-0.3, -0.25) is 14.2 Å². The maximum Gasteiger partial charge on any atom is 0.419 e. The summed E-state index contributed by atoms with van der Waals surface area (Å²) < 4.78 is 11.7. The molecule has 2 amide bonds. The smallest absolute Gasteiger partial charge is 0.419 e. The third-order valence-corrected chi connectivity index (χ3v) is 4.92. The number of nitrogens with zero attached hydrogens (tertiary/aromatic N) is 1. The van der Waals surface area contributed by atoms with Crippen LogP contribution in [0.25, 0.3) is 10.9 Å². The molecule has 0 spiro atoms. The Morgan fingerprint density at radius 2 is 1.97 bits per heavy atom. The van der Waals surface area contributed by atoms with Crippen LogP contribution in [0.4, 0.5) is 4.79 Å². The molecule has 9 nitrogen and oxygen atoms in total. The molecule has 0 radical (unpaired) electrons. The summed E-state index contributed by atoms with van der Waals surface area (Å²) in [5, 5.41) is 6.00. The van der Waals surface area contributed by atoms with Crippen molar-refractivity contribution in [2.45, 2.75) is 57.7 Å². The highest BCUT2D eigenvalue weighted by atomic mass is 16.6. The fourth-order valence-electron chi connectivity index (χ4n) is 3.51. The van der Waals surface area contributed by atoms with Gasteiger partial charge in [-0.25, -0.2) is 9.59 Å². The number of fused-ring (bicyclic) bond motifs is 1. The minimum atomic E-state index is -0.979. The molecule has 0 aliphatic carbocycles. The zero-order valence-electron chi connectivity index (χ0n) is 18.1. The molecule has 1 aromatic heterocycles.